The van der Waals surface area contributed by atoms with Crippen LogP contribution in [0.5, 0.6) is 5.75 Å². The fraction of sp³-hybridized carbons (Fsp3) is 0.278. The van der Waals surface area contributed by atoms with E-state index >= 15 is 0 Å². The number of amides is 1. The van der Waals surface area contributed by atoms with E-state index in [1.807, 2.05) is 63.2 Å². The molecular weight excluding hydrogens is 262 g/mol. The van der Waals surface area contributed by atoms with Gasteiger partial charge in [0, 0.05) is 5.69 Å². The summed E-state index contributed by atoms with van der Waals surface area (Å²) in [5, 5.41) is 2.89. The van der Waals surface area contributed by atoms with Crippen molar-refractivity contribution in [2.45, 2.75) is 33.8 Å². The van der Waals surface area contributed by atoms with Crippen molar-refractivity contribution in [3.63, 3.8) is 0 Å². The van der Waals surface area contributed by atoms with E-state index in [-0.39, 0.29) is 5.91 Å². The quantitative estimate of drug-likeness (QED) is 0.920. The van der Waals surface area contributed by atoms with Crippen LogP contribution in [0, 0.1) is 20.8 Å². The Hall–Kier alpha value is -2.29. The maximum atomic E-state index is 12.2. The molecule has 0 bridgehead atoms. The summed E-state index contributed by atoms with van der Waals surface area (Å²) < 4.78 is 5.71. The zero-order valence-corrected chi connectivity index (χ0v) is 12.9. The molecule has 0 radical (unpaired) electrons. The maximum absolute atomic E-state index is 12.2. The number of aryl methyl sites for hydroxylation is 3. The molecular formula is C18H21NO2. The molecule has 2 aromatic rings. The van der Waals surface area contributed by atoms with E-state index in [9.17, 15) is 4.79 Å². The fourth-order valence-electron chi connectivity index (χ4n) is 1.99. The number of hydrogen-bond acceptors (Lipinski definition) is 2. The standard InChI is InChI=1S/C18H21NO2/c1-12-9-10-16(11-14(12)3)21-15(4)18(20)19-17-8-6-5-7-13(17)2/h5-11,15H,1-4H3,(H,19,20). The first-order chi connectivity index (χ1) is 9.97. The minimum Gasteiger partial charge on any atom is -0.481 e. The minimum absolute atomic E-state index is 0.150. The summed E-state index contributed by atoms with van der Waals surface area (Å²) in [6.45, 7) is 7.79. The molecule has 0 heterocycles. The van der Waals surface area contributed by atoms with Crippen molar-refractivity contribution in [3.8, 4) is 5.75 Å². The highest BCUT2D eigenvalue weighted by atomic mass is 16.5. The first kappa shape index (κ1) is 15.1. The van der Waals surface area contributed by atoms with Gasteiger partial charge in [-0.15, -0.1) is 0 Å². The van der Waals surface area contributed by atoms with E-state index in [0.29, 0.717) is 5.75 Å². The third-order valence-electron chi connectivity index (χ3n) is 3.56. The normalized spacial score (nSPS) is 11.8. The van der Waals surface area contributed by atoms with Gasteiger partial charge in [0.25, 0.3) is 5.91 Å². The van der Waals surface area contributed by atoms with E-state index in [1.54, 1.807) is 6.92 Å². The monoisotopic (exact) mass is 283 g/mol. The van der Waals surface area contributed by atoms with E-state index < -0.39 is 6.10 Å². The fourth-order valence-corrected chi connectivity index (χ4v) is 1.99. The van der Waals surface area contributed by atoms with Gasteiger partial charge in [-0.3, -0.25) is 4.79 Å². The van der Waals surface area contributed by atoms with Crippen molar-refractivity contribution in [2.75, 3.05) is 5.32 Å². The third kappa shape index (κ3) is 3.85. The molecule has 21 heavy (non-hydrogen) atoms. The molecule has 0 aliphatic carbocycles. The third-order valence-corrected chi connectivity index (χ3v) is 3.56. The van der Waals surface area contributed by atoms with Gasteiger partial charge >= 0.3 is 0 Å². The number of ether oxygens (including phenoxy) is 1. The summed E-state index contributed by atoms with van der Waals surface area (Å²) in [4.78, 5) is 12.2. The number of carbonyl (C=O) groups is 1. The molecule has 1 amide bonds. The number of anilines is 1. The molecule has 1 unspecified atom stereocenters. The Bertz CT molecular complexity index is 649. The number of hydrogen-bond donors (Lipinski definition) is 1. The number of rotatable bonds is 4. The summed E-state index contributed by atoms with van der Waals surface area (Å²) >= 11 is 0. The molecule has 3 heteroatoms. The Labute approximate surface area is 126 Å². The molecule has 0 saturated heterocycles. The second-order valence-electron chi connectivity index (χ2n) is 5.31. The minimum atomic E-state index is -0.549. The topological polar surface area (TPSA) is 38.3 Å². The molecule has 1 N–H and O–H groups in total. The molecule has 0 saturated carbocycles. The van der Waals surface area contributed by atoms with Crippen LogP contribution in [0.3, 0.4) is 0 Å². The average molecular weight is 283 g/mol. The lowest BCUT2D eigenvalue weighted by atomic mass is 10.1. The summed E-state index contributed by atoms with van der Waals surface area (Å²) in [6.07, 6.45) is -0.549. The second-order valence-corrected chi connectivity index (χ2v) is 5.31. The Balaban J connectivity index is 2.02. The number of nitrogens with one attached hydrogen (secondary N) is 1. The van der Waals surface area contributed by atoms with Gasteiger partial charge in [-0.1, -0.05) is 24.3 Å². The van der Waals surface area contributed by atoms with Crippen LogP contribution < -0.4 is 10.1 Å². The van der Waals surface area contributed by atoms with Crippen LogP contribution in [0.25, 0.3) is 0 Å². The first-order valence-electron chi connectivity index (χ1n) is 7.08. The summed E-state index contributed by atoms with van der Waals surface area (Å²) in [6, 6.07) is 13.5. The van der Waals surface area contributed by atoms with Crippen LogP contribution in [-0.4, -0.2) is 12.0 Å². The molecule has 3 nitrogen and oxygen atoms in total. The highest BCUT2D eigenvalue weighted by Crippen LogP contribution is 2.19. The van der Waals surface area contributed by atoms with Crippen molar-refractivity contribution in [1.29, 1.82) is 0 Å². The lowest BCUT2D eigenvalue weighted by Gasteiger charge is -2.16. The average Bonchev–Trinajstić information content (AvgIpc) is 2.45. The predicted octanol–water partition coefficient (Wildman–Crippen LogP) is 4.02. The van der Waals surface area contributed by atoms with Gasteiger partial charge in [-0.2, -0.15) is 0 Å². The van der Waals surface area contributed by atoms with Crippen LogP contribution in [0.15, 0.2) is 42.5 Å². The van der Waals surface area contributed by atoms with Crippen molar-refractivity contribution in [1.82, 2.24) is 0 Å². The van der Waals surface area contributed by atoms with Crippen LogP contribution in [-0.2, 0) is 4.79 Å². The number of carbonyl (C=O) groups excluding carboxylic acids is 1. The van der Waals surface area contributed by atoms with Gasteiger partial charge in [-0.05, 0) is 62.6 Å². The molecule has 2 rings (SSSR count). The molecule has 0 fully saturated rings. The molecule has 110 valence electrons. The first-order valence-corrected chi connectivity index (χ1v) is 7.08. The molecule has 1 atom stereocenters. The van der Waals surface area contributed by atoms with E-state index in [2.05, 4.69) is 5.32 Å². The highest BCUT2D eigenvalue weighted by Gasteiger charge is 2.15. The highest BCUT2D eigenvalue weighted by molar-refractivity contribution is 5.94. The van der Waals surface area contributed by atoms with E-state index in [1.165, 1.54) is 5.56 Å². The summed E-state index contributed by atoms with van der Waals surface area (Å²) in [5.41, 5.74) is 4.21. The van der Waals surface area contributed by atoms with E-state index in [4.69, 9.17) is 4.74 Å². The van der Waals surface area contributed by atoms with E-state index in [0.717, 1.165) is 16.8 Å². The van der Waals surface area contributed by atoms with Crippen molar-refractivity contribution < 1.29 is 9.53 Å². The van der Waals surface area contributed by atoms with Gasteiger partial charge < -0.3 is 10.1 Å². The Kier molecular flexibility index (Phi) is 4.63. The van der Waals surface area contributed by atoms with Crippen molar-refractivity contribution in [3.05, 3.63) is 59.2 Å². The lowest BCUT2D eigenvalue weighted by molar-refractivity contribution is -0.122. The van der Waals surface area contributed by atoms with Gasteiger partial charge in [0.05, 0.1) is 0 Å². The largest absolute Gasteiger partial charge is 0.481 e. The molecule has 0 aromatic heterocycles. The zero-order chi connectivity index (χ0) is 15.4. The number of para-hydroxylation sites is 1. The van der Waals surface area contributed by atoms with Gasteiger partial charge in [0.1, 0.15) is 5.75 Å². The summed E-state index contributed by atoms with van der Waals surface area (Å²) in [5.74, 6) is 0.563. The molecule has 2 aromatic carbocycles. The predicted molar refractivity (Wildman–Crippen MR) is 85.8 cm³/mol. The molecule has 0 aliphatic heterocycles. The lowest BCUT2D eigenvalue weighted by Crippen LogP contribution is -2.30. The smallest absolute Gasteiger partial charge is 0.265 e. The Morgan fingerprint density at radius 2 is 1.71 bits per heavy atom. The van der Waals surface area contributed by atoms with Gasteiger partial charge in [0.15, 0.2) is 6.10 Å². The molecule has 0 aliphatic rings. The Morgan fingerprint density at radius 1 is 1.00 bits per heavy atom. The van der Waals surface area contributed by atoms with Crippen molar-refractivity contribution in [2.24, 2.45) is 0 Å². The summed E-state index contributed by atoms with van der Waals surface area (Å²) in [7, 11) is 0. The van der Waals surface area contributed by atoms with Crippen LogP contribution in [0.4, 0.5) is 5.69 Å². The Morgan fingerprint density at radius 3 is 2.38 bits per heavy atom. The van der Waals surface area contributed by atoms with Crippen LogP contribution in [0.1, 0.15) is 23.6 Å². The van der Waals surface area contributed by atoms with Crippen LogP contribution in [0.2, 0.25) is 0 Å². The number of benzene rings is 2. The van der Waals surface area contributed by atoms with Gasteiger partial charge in [0.2, 0.25) is 0 Å². The molecule has 0 spiro atoms. The second kappa shape index (κ2) is 6.44. The zero-order valence-electron chi connectivity index (χ0n) is 12.9. The van der Waals surface area contributed by atoms with Crippen LogP contribution >= 0.6 is 0 Å². The van der Waals surface area contributed by atoms with Gasteiger partial charge in [-0.25, -0.2) is 0 Å². The SMILES string of the molecule is Cc1ccc(OC(C)C(=O)Nc2ccccc2C)cc1C. The van der Waals surface area contributed by atoms with Crippen molar-refractivity contribution >= 4 is 11.6 Å². The maximum Gasteiger partial charge on any atom is 0.265 e.